The van der Waals surface area contributed by atoms with Gasteiger partial charge in [-0.3, -0.25) is 0 Å². The highest BCUT2D eigenvalue weighted by Crippen LogP contribution is 2.27. The summed E-state index contributed by atoms with van der Waals surface area (Å²) in [4.78, 5) is 20.5. The van der Waals surface area contributed by atoms with Crippen molar-refractivity contribution in [3.8, 4) is 0 Å². The van der Waals surface area contributed by atoms with E-state index < -0.39 is 5.97 Å². The van der Waals surface area contributed by atoms with Gasteiger partial charge in [0.25, 0.3) is 0 Å². The number of nitrogens with zero attached hydrogens (tertiary/aromatic N) is 2. The number of aromatic carboxylic acids is 1. The maximum absolute atomic E-state index is 10.9. The number of aromatic nitrogens is 2. The molecule has 19 heavy (non-hydrogen) atoms. The molecule has 1 heterocycles. The molecule has 0 bridgehead atoms. The molecule has 98 valence electrons. The molecule has 0 atom stereocenters. The molecule has 2 rings (SSSR count). The average Bonchev–Trinajstić information content (AvgIpc) is 2.38. The molecule has 5 heteroatoms. The van der Waals surface area contributed by atoms with Crippen LogP contribution in [-0.4, -0.2) is 21.0 Å². The van der Waals surface area contributed by atoms with Gasteiger partial charge in [-0.1, -0.05) is 24.8 Å². The van der Waals surface area contributed by atoms with Crippen LogP contribution in [0.2, 0.25) is 0 Å². The van der Waals surface area contributed by atoms with Crippen LogP contribution in [0, 0.1) is 6.92 Å². The van der Waals surface area contributed by atoms with Gasteiger partial charge < -0.3 is 5.11 Å². The molecule has 0 aliphatic rings. The Kier molecular flexibility index (Phi) is 4.16. The lowest BCUT2D eigenvalue weighted by Gasteiger charge is -2.05. The minimum Gasteiger partial charge on any atom is -0.478 e. The number of aryl methyl sites for hydroxylation is 2. The Balaban J connectivity index is 2.28. The molecule has 1 aromatic carbocycles. The SMILES string of the molecule is CCc1cc(Sc2cccc(C(=O)O)c2)nc(C)n1. The van der Waals surface area contributed by atoms with Crippen molar-refractivity contribution in [1.29, 1.82) is 0 Å². The zero-order chi connectivity index (χ0) is 13.8. The second-order valence-electron chi connectivity index (χ2n) is 4.03. The first-order chi connectivity index (χ1) is 9.08. The molecule has 0 unspecified atom stereocenters. The van der Waals surface area contributed by atoms with E-state index in [1.54, 1.807) is 18.2 Å². The fourth-order valence-electron chi connectivity index (χ4n) is 1.65. The summed E-state index contributed by atoms with van der Waals surface area (Å²) in [7, 11) is 0. The molecule has 0 saturated heterocycles. The predicted octanol–water partition coefficient (Wildman–Crippen LogP) is 3.20. The minimum absolute atomic E-state index is 0.284. The van der Waals surface area contributed by atoms with Gasteiger partial charge >= 0.3 is 5.97 Å². The molecule has 1 aromatic heterocycles. The van der Waals surface area contributed by atoms with Crippen molar-refractivity contribution in [3.63, 3.8) is 0 Å². The van der Waals surface area contributed by atoms with Crippen molar-refractivity contribution >= 4 is 17.7 Å². The van der Waals surface area contributed by atoms with Crippen LogP contribution in [0.25, 0.3) is 0 Å². The van der Waals surface area contributed by atoms with E-state index in [9.17, 15) is 4.79 Å². The molecule has 0 amide bonds. The summed E-state index contributed by atoms with van der Waals surface area (Å²) in [5.41, 5.74) is 1.27. The fourth-order valence-corrected chi connectivity index (χ4v) is 2.59. The van der Waals surface area contributed by atoms with Crippen molar-refractivity contribution in [2.75, 3.05) is 0 Å². The summed E-state index contributed by atoms with van der Waals surface area (Å²) in [6, 6.07) is 8.77. The monoisotopic (exact) mass is 274 g/mol. The van der Waals surface area contributed by atoms with E-state index in [-0.39, 0.29) is 5.56 Å². The van der Waals surface area contributed by atoms with Crippen molar-refractivity contribution in [1.82, 2.24) is 9.97 Å². The number of benzene rings is 1. The lowest BCUT2D eigenvalue weighted by atomic mass is 10.2. The molecule has 1 N–H and O–H groups in total. The van der Waals surface area contributed by atoms with Crippen LogP contribution in [0.5, 0.6) is 0 Å². The maximum Gasteiger partial charge on any atom is 0.335 e. The van der Waals surface area contributed by atoms with E-state index in [1.807, 2.05) is 26.0 Å². The quantitative estimate of drug-likeness (QED) is 0.867. The van der Waals surface area contributed by atoms with Crippen LogP contribution in [0.4, 0.5) is 0 Å². The first-order valence-corrected chi connectivity index (χ1v) is 6.76. The van der Waals surface area contributed by atoms with Gasteiger partial charge in [0.2, 0.25) is 0 Å². The van der Waals surface area contributed by atoms with Crippen LogP contribution >= 0.6 is 11.8 Å². The first-order valence-electron chi connectivity index (χ1n) is 5.94. The zero-order valence-electron chi connectivity index (χ0n) is 10.8. The standard InChI is InChI=1S/C14H14N2O2S/c1-3-11-8-13(16-9(2)15-11)19-12-6-4-5-10(7-12)14(17)18/h4-8H,3H2,1-2H3,(H,17,18). The van der Waals surface area contributed by atoms with E-state index in [4.69, 9.17) is 5.11 Å². The second-order valence-corrected chi connectivity index (χ2v) is 5.13. The number of hydrogen-bond acceptors (Lipinski definition) is 4. The van der Waals surface area contributed by atoms with Gasteiger partial charge in [-0.25, -0.2) is 14.8 Å². The van der Waals surface area contributed by atoms with Crippen molar-refractivity contribution in [2.45, 2.75) is 30.2 Å². The Morgan fingerprint density at radius 1 is 1.32 bits per heavy atom. The Morgan fingerprint density at radius 2 is 2.11 bits per heavy atom. The number of hydrogen-bond donors (Lipinski definition) is 1. The highest BCUT2D eigenvalue weighted by atomic mass is 32.2. The Labute approximate surface area is 115 Å². The van der Waals surface area contributed by atoms with Crippen LogP contribution in [0.1, 0.15) is 28.8 Å². The normalized spacial score (nSPS) is 10.4. The Bertz CT molecular complexity index is 614. The van der Waals surface area contributed by atoms with Crippen molar-refractivity contribution in [2.24, 2.45) is 0 Å². The average molecular weight is 274 g/mol. The van der Waals surface area contributed by atoms with Crippen LogP contribution in [0.3, 0.4) is 0 Å². The highest BCUT2D eigenvalue weighted by Gasteiger charge is 2.06. The Morgan fingerprint density at radius 3 is 2.79 bits per heavy atom. The second kappa shape index (κ2) is 5.84. The lowest BCUT2D eigenvalue weighted by Crippen LogP contribution is -1.97. The first kappa shape index (κ1) is 13.5. The van der Waals surface area contributed by atoms with Crippen LogP contribution in [0.15, 0.2) is 40.3 Å². The number of carboxylic acid groups (broad SMARTS) is 1. The summed E-state index contributed by atoms with van der Waals surface area (Å²) in [6.45, 7) is 3.90. The topological polar surface area (TPSA) is 63.1 Å². The molecule has 0 radical (unpaired) electrons. The Hall–Kier alpha value is -1.88. The minimum atomic E-state index is -0.921. The largest absolute Gasteiger partial charge is 0.478 e. The van der Waals surface area contributed by atoms with Gasteiger partial charge in [-0.05, 0) is 37.6 Å². The van der Waals surface area contributed by atoms with Crippen molar-refractivity contribution in [3.05, 3.63) is 47.4 Å². The third-order valence-corrected chi connectivity index (χ3v) is 3.44. The predicted molar refractivity (Wildman–Crippen MR) is 73.7 cm³/mol. The van der Waals surface area contributed by atoms with Gasteiger partial charge in [0, 0.05) is 10.6 Å². The van der Waals surface area contributed by atoms with E-state index in [1.165, 1.54) is 11.8 Å². The van der Waals surface area contributed by atoms with Gasteiger partial charge in [0.1, 0.15) is 10.9 Å². The van der Waals surface area contributed by atoms with Crippen molar-refractivity contribution < 1.29 is 9.90 Å². The lowest BCUT2D eigenvalue weighted by molar-refractivity contribution is 0.0696. The van der Waals surface area contributed by atoms with Gasteiger partial charge in [0.05, 0.1) is 5.56 Å². The molecule has 4 nitrogen and oxygen atoms in total. The molecule has 0 aliphatic carbocycles. The number of carbonyl (C=O) groups is 1. The summed E-state index contributed by atoms with van der Waals surface area (Å²) < 4.78 is 0. The highest BCUT2D eigenvalue weighted by molar-refractivity contribution is 7.99. The number of rotatable bonds is 4. The van der Waals surface area contributed by atoms with Gasteiger partial charge in [0.15, 0.2) is 0 Å². The van der Waals surface area contributed by atoms with E-state index in [0.717, 1.165) is 27.9 Å². The van der Waals surface area contributed by atoms with Crippen LogP contribution < -0.4 is 0 Å². The smallest absolute Gasteiger partial charge is 0.335 e. The van der Waals surface area contributed by atoms with Gasteiger partial charge in [-0.2, -0.15) is 0 Å². The molecule has 0 saturated carbocycles. The third-order valence-electron chi connectivity index (χ3n) is 2.53. The summed E-state index contributed by atoms with van der Waals surface area (Å²) in [5.74, 6) is -0.188. The van der Waals surface area contributed by atoms with Crippen LogP contribution in [-0.2, 0) is 6.42 Å². The molecule has 0 spiro atoms. The van der Waals surface area contributed by atoms with Gasteiger partial charge in [-0.15, -0.1) is 0 Å². The fraction of sp³-hybridized carbons (Fsp3) is 0.214. The molecular weight excluding hydrogens is 260 g/mol. The third kappa shape index (κ3) is 3.54. The molecule has 0 fully saturated rings. The molecular formula is C14H14N2O2S. The maximum atomic E-state index is 10.9. The summed E-state index contributed by atoms with van der Waals surface area (Å²) in [5, 5.41) is 9.81. The number of carboxylic acids is 1. The zero-order valence-corrected chi connectivity index (χ0v) is 11.6. The molecule has 2 aromatic rings. The molecule has 0 aliphatic heterocycles. The van der Waals surface area contributed by atoms with E-state index in [2.05, 4.69) is 9.97 Å². The summed E-state index contributed by atoms with van der Waals surface area (Å²) >= 11 is 1.45. The summed E-state index contributed by atoms with van der Waals surface area (Å²) in [6.07, 6.45) is 0.853. The van der Waals surface area contributed by atoms with E-state index >= 15 is 0 Å². The van der Waals surface area contributed by atoms with E-state index in [0.29, 0.717) is 0 Å².